The minimum atomic E-state index is -0.440. The molecule has 2 aromatic heterocycles. The van der Waals surface area contributed by atoms with Crippen LogP contribution < -0.4 is 10.6 Å². The van der Waals surface area contributed by atoms with Crippen LogP contribution in [0.1, 0.15) is 11.4 Å². The van der Waals surface area contributed by atoms with Gasteiger partial charge in [0.05, 0.1) is 0 Å². The third-order valence-corrected chi connectivity index (χ3v) is 3.94. The van der Waals surface area contributed by atoms with Gasteiger partial charge in [-0.2, -0.15) is 0 Å². The van der Waals surface area contributed by atoms with Crippen LogP contribution in [0, 0.1) is 11.6 Å². The number of nitrogens with one attached hydrogen (secondary N) is 2. The molecule has 26 heavy (non-hydrogen) atoms. The highest BCUT2D eigenvalue weighted by Crippen LogP contribution is 2.09. The maximum Gasteiger partial charge on any atom is 0.191 e. The molecule has 0 amide bonds. The summed E-state index contributed by atoms with van der Waals surface area (Å²) < 4.78 is 28.7. The van der Waals surface area contributed by atoms with Gasteiger partial charge in [-0.1, -0.05) is 6.07 Å². The fraction of sp³-hybridized carbons (Fsp3) is 0.278. The number of benzene rings is 1. The van der Waals surface area contributed by atoms with Gasteiger partial charge in [-0.15, -0.1) is 10.2 Å². The Labute approximate surface area is 150 Å². The normalized spacial score (nSPS) is 11.7. The number of hydrogen-bond donors (Lipinski definition) is 2. The van der Waals surface area contributed by atoms with E-state index in [0.717, 1.165) is 23.6 Å². The summed E-state index contributed by atoms with van der Waals surface area (Å²) in [4.78, 5) is 4.12. The van der Waals surface area contributed by atoms with Gasteiger partial charge in [0.25, 0.3) is 0 Å². The number of rotatable bonds is 6. The van der Waals surface area contributed by atoms with Crippen LogP contribution >= 0.6 is 0 Å². The molecule has 136 valence electrons. The Morgan fingerprint density at radius 1 is 1.08 bits per heavy atom. The van der Waals surface area contributed by atoms with Gasteiger partial charge in [0.2, 0.25) is 0 Å². The van der Waals surface area contributed by atoms with Crippen molar-refractivity contribution >= 4 is 11.6 Å². The Morgan fingerprint density at radius 2 is 1.88 bits per heavy atom. The average Bonchev–Trinajstić information content (AvgIpc) is 3.06. The van der Waals surface area contributed by atoms with E-state index < -0.39 is 11.6 Å². The van der Waals surface area contributed by atoms with Crippen LogP contribution in [0.5, 0.6) is 0 Å². The van der Waals surface area contributed by atoms with Crippen molar-refractivity contribution in [2.75, 3.05) is 20.1 Å². The molecule has 0 radical (unpaired) electrons. The van der Waals surface area contributed by atoms with Crippen molar-refractivity contribution in [3.8, 4) is 0 Å². The van der Waals surface area contributed by atoms with Crippen LogP contribution in [0.4, 0.5) is 8.78 Å². The van der Waals surface area contributed by atoms with Gasteiger partial charge in [0.1, 0.15) is 17.5 Å². The number of halogens is 2. The molecule has 0 atom stereocenters. The number of pyridine rings is 1. The summed E-state index contributed by atoms with van der Waals surface area (Å²) >= 11 is 0. The monoisotopic (exact) mass is 358 g/mol. The zero-order valence-electron chi connectivity index (χ0n) is 14.4. The quantitative estimate of drug-likeness (QED) is 0.522. The lowest BCUT2D eigenvalue weighted by Crippen LogP contribution is -2.39. The van der Waals surface area contributed by atoms with E-state index in [4.69, 9.17) is 0 Å². The van der Waals surface area contributed by atoms with Crippen LogP contribution in [-0.4, -0.2) is 40.7 Å². The fourth-order valence-corrected chi connectivity index (χ4v) is 2.63. The summed E-state index contributed by atoms with van der Waals surface area (Å²) in [5, 5.41) is 14.5. The number of guanidine groups is 1. The smallest absolute Gasteiger partial charge is 0.191 e. The highest BCUT2D eigenvalue weighted by Gasteiger charge is 2.06. The van der Waals surface area contributed by atoms with Gasteiger partial charge in [0, 0.05) is 32.8 Å². The summed E-state index contributed by atoms with van der Waals surface area (Å²) in [6.07, 6.45) is 2.95. The molecule has 0 fully saturated rings. The number of aromatic nitrogens is 3. The third kappa shape index (κ3) is 4.33. The van der Waals surface area contributed by atoms with Crippen LogP contribution in [-0.2, 0) is 12.8 Å². The van der Waals surface area contributed by atoms with Crippen molar-refractivity contribution < 1.29 is 8.78 Å². The molecule has 0 bridgehead atoms. The van der Waals surface area contributed by atoms with E-state index in [2.05, 4.69) is 25.8 Å². The Balaban J connectivity index is 1.47. The lowest BCUT2D eigenvalue weighted by Gasteiger charge is -2.12. The summed E-state index contributed by atoms with van der Waals surface area (Å²) in [6.45, 7) is 1.05. The summed E-state index contributed by atoms with van der Waals surface area (Å²) in [6, 6.07) is 9.21. The first-order chi connectivity index (χ1) is 12.7. The van der Waals surface area contributed by atoms with E-state index in [1.165, 1.54) is 6.07 Å². The van der Waals surface area contributed by atoms with E-state index in [-0.39, 0.29) is 0 Å². The maximum absolute atomic E-state index is 13.6. The first-order valence-electron chi connectivity index (χ1n) is 8.34. The van der Waals surface area contributed by atoms with Gasteiger partial charge in [-0.05, 0) is 42.3 Å². The molecule has 0 aliphatic rings. The molecule has 8 heteroatoms. The van der Waals surface area contributed by atoms with Crippen molar-refractivity contribution in [1.29, 1.82) is 0 Å². The van der Waals surface area contributed by atoms with Crippen molar-refractivity contribution in [2.45, 2.75) is 12.8 Å². The zero-order valence-corrected chi connectivity index (χ0v) is 14.4. The molecule has 0 spiro atoms. The SMILES string of the molecule is CN=C(NCCc1cc(F)ccc1F)NCCc1nnc2ccccn12. The Bertz CT molecular complexity index is 906. The largest absolute Gasteiger partial charge is 0.356 e. The number of aliphatic imine (C=N–C) groups is 1. The van der Waals surface area contributed by atoms with Crippen LogP contribution in [0.25, 0.3) is 5.65 Å². The van der Waals surface area contributed by atoms with Crippen LogP contribution in [0.3, 0.4) is 0 Å². The van der Waals surface area contributed by atoms with Crippen molar-refractivity contribution in [1.82, 2.24) is 25.2 Å². The van der Waals surface area contributed by atoms with Crippen molar-refractivity contribution in [2.24, 2.45) is 4.99 Å². The maximum atomic E-state index is 13.6. The summed E-state index contributed by atoms with van der Waals surface area (Å²) in [5.74, 6) is 0.597. The van der Waals surface area contributed by atoms with Gasteiger partial charge in [-0.25, -0.2) is 8.78 Å². The molecular weight excluding hydrogens is 338 g/mol. The molecule has 6 nitrogen and oxygen atoms in total. The van der Waals surface area contributed by atoms with Crippen LogP contribution in [0.2, 0.25) is 0 Å². The third-order valence-electron chi connectivity index (χ3n) is 3.94. The zero-order chi connectivity index (χ0) is 18.4. The molecule has 2 N–H and O–H groups in total. The van der Waals surface area contributed by atoms with E-state index in [9.17, 15) is 8.78 Å². The Hall–Kier alpha value is -3.03. The molecule has 0 saturated heterocycles. The number of nitrogens with zero attached hydrogens (tertiary/aromatic N) is 4. The second-order valence-electron chi connectivity index (χ2n) is 5.71. The molecule has 0 aliphatic heterocycles. The fourth-order valence-electron chi connectivity index (χ4n) is 2.63. The average molecular weight is 358 g/mol. The van der Waals surface area contributed by atoms with Gasteiger partial charge in [0.15, 0.2) is 11.6 Å². The molecular formula is C18H20F2N6. The molecule has 3 rings (SSSR count). The van der Waals surface area contributed by atoms with Crippen molar-refractivity contribution in [3.05, 3.63) is 65.6 Å². The summed E-state index contributed by atoms with van der Waals surface area (Å²) in [5.41, 5.74) is 1.14. The standard InChI is InChI=1S/C18H20F2N6/c1-21-18(22-9-7-13-12-14(19)5-6-15(13)20)23-10-8-17-25-24-16-4-2-3-11-26(16)17/h2-6,11-12H,7-10H2,1H3,(H2,21,22,23). The molecule has 0 unspecified atom stereocenters. The lowest BCUT2D eigenvalue weighted by atomic mass is 10.1. The second-order valence-corrected chi connectivity index (χ2v) is 5.71. The minimum absolute atomic E-state index is 0.336. The highest BCUT2D eigenvalue weighted by molar-refractivity contribution is 5.79. The predicted octanol–water partition coefficient (Wildman–Crippen LogP) is 1.96. The molecule has 3 aromatic rings. The first kappa shape index (κ1) is 17.8. The Morgan fingerprint density at radius 3 is 2.69 bits per heavy atom. The minimum Gasteiger partial charge on any atom is -0.356 e. The number of fused-ring (bicyclic) bond motifs is 1. The summed E-state index contributed by atoms with van der Waals surface area (Å²) in [7, 11) is 1.66. The highest BCUT2D eigenvalue weighted by atomic mass is 19.1. The van der Waals surface area contributed by atoms with Crippen molar-refractivity contribution in [3.63, 3.8) is 0 Å². The second kappa shape index (κ2) is 8.37. The van der Waals surface area contributed by atoms with E-state index in [1.54, 1.807) is 7.05 Å². The van der Waals surface area contributed by atoms with Gasteiger partial charge < -0.3 is 10.6 Å². The molecule has 2 heterocycles. The first-order valence-corrected chi connectivity index (χ1v) is 8.34. The molecule has 0 aliphatic carbocycles. The topological polar surface area (TPSA) is 66.6 Å². The number of hydrogen-bond acceptors (Lipinski definition) is 3. The van der Waals surface area contributed by atoms with E-state index in [0.29, 0.717) is 37.5 Å². The lowest BCUT2D eigenvalue weighted by molar-refractivity contribution is 0.583. The van der Waals surface area contributed by atoms with E-state index >= 15 is 0 Å². The molecule has 1 aromatic carbocycles. The Kier molecular flexibility index (Phi) is 5.73. The molecule has 0 saturated carbocycles. The van der Waals surface area contributed by atoms with E-state index in [1.807, 2.05) is 28.8 Å². The van der Waals surface area contributed by atoms with Crippen LogP contribution in [0.15, 0.2) is 47.6 Å². The predicted molar refractivity (Wildman–Crippen MR) is 96.1 cm³/mol. The van der Waals surface area contributed by atoms with Gasteiger partial charge >= 0.3 is 0 Å². The van der Waals surface area contributed by atoms with Gasteiger partial charge in [-0.3, -0.25) is 9.39 Å².